The molecule has 0 saturated heterocycles. The number of halogens is 2. The van der Waals surface area contributed by atoms with E-state index in [4.69, 9.17) is 32.4 Å². The summed E-state index contributed by atoms with van der Waals surface area (Å²) in [6.07, 6.45) is -0.199. The third-order valence-electron chi connectivity index (χ3n) is 3.69. The molecule has 0 radical (unpaired) electrons. The summed E-state index contributed by atoms with van der Waals surface area (Å²) >= 11 is 12.2. The topological polar surface area (TPSA) is 56.5 Å². The predicted octanol–water partition coefficient (Wildman–Crippen LogP) is 4.87. The van der Waals surface area contributed by atoms with Gasteiger partial charge >= 0.3 is 5.97 Å². The molecule has 0 bridgehead atoms. The van der Waals surface area contributed by atoms with Crippen LogP contribution in [0.2, 0.25) is 10.0 Å². The minimum atomic E-state index is -0.503. The van der Waals surface area contributed by atoms with Crippen LogP contribution in [-0.4, -0.2) is 12.6 Å². The Kier molecular flexibility index (Phi) is 5.11. The number of hydrogen-bond acceptors (Lipinski definition) is 4. The number of carbonyl (C=O) groups is 1. The second-order valence-corrected chi connectivity index (χ2v) is 6.18. The number of ether oxygens (including phenoxy) is 1. The summed E-state index contributed by atoms with van der Waals surface area (Å²) in [4.78, 5) is 24.9. The van der Waals surface area contributed by atoms with Gasteiger partial charge in [-0.2, -0.15) is 0 Å². The summed E-state index contributed by atoms with van der Waals surface area (Å²) in [7, 11) is 0. The standard InChI is InChI=1S/C19H14Cl2O4/c1-2-24-17(22)10-14-18(23)13-5-3-4-6-16(13)25-19(14)12-8-7-11(20)9-15(12)21/h3-9H,2,10H2,1H3. The lowest BCUT2D eigenvalue weighted by Crippen LogP contribution is -2.17. The fourth-order valence-corrected chi connectivity index (χ4v) is 3.08. The summed E-state index contributed by atoms with van der Waals surface area (Å²) < 4.78 is 10.9. The van der Waals surface area contributed by atoms with Crippen molar-refractivity contribution in [3.05, 3.63) is 68.3 Å². The summed E-state index contributed by atoms with van der Waals surface area (Å²) in [5, 5.41) is 1.19. The van der Waals surface area contributed by atoms with Crippen molar-refractivity contribution < 1.29 is 13.9 Å². The van der Waals surface area contributed by atoms with E-state index < -0.39 is 5.97 Å². The van der Waals surface area contributed by atoms with Crippen LogP contribution < -0.4 is 5.43 Å². The molecule has 3 aromatic rings. The van der Waals surface area contributed by atoms with Gasteiger partial charge in [-0.05, 0) is 37.3 Å². The van der Waals surface area contributed by atoms with Gasteiger partial charge in [0.25, 0.3) is 0 Å². The normalized spacial score (nSPS) is 10.8. The maximum Gasteiger partial charge on any atom is 0.310 e. The number of para-hydroxylation sites is 1. The zero-order valence-electron chi connectivity index (χ0n) is 13.3. The highest BCUT2D eigenvalue weighted by molar-refractivity contribution is 6.36. The van der Waals surface area contributed by atoms with Crippen molar-refractivity contribution in [2.45, 2.75) is 13.3 Å². The summed E-state index contributed by atoms with van der Waals surface area (Å²) in [5.74, 6) is -0.255. The molecule has 1 heterocycles. The van der Waals surface area contributed by atoms with E-state index >= 15 is 0 Å². The zero-order chi connectivity index (χ0) is 18.0. The van der Waals surface area contributed by atoms with Gasteiger partial charge in [-0.3, -0.25) is 9.59 Å². The lowest BCUT2D eigenvalue weighted by Gasteiger charge is -2.11. The first-order valence-corrected chi connectivity index (χ1v) is 8.42. The van der Waals surface area contributed by atoms with Crippen molar-refractivity contribution in [1.29, 1.82) is 0 Å². The van der Waals surface area contributed by atoms with E-state index in [0.29, 0.717) is 26.6 Å². The van der Waals surface area contributed by atoms with Crippen LogP contribution in [0.3, 0.4) is 0 Å². The number of rotatable bonds is 4. The van der Waals surface area contributed by atoms with Crippen LogP contribution in [0, 0.1) is 0 Å². The quantitative estimate of drug-likeness (QED) is 0.609. The molecule has 1 aromatic heterocycles. The van der Waals surface area contributed by atoms with Gasteiger partial charge in [0.15, 0.2) is 5.43 Å². The molecule has 0 N–H and O–H groups in total. The van der Waals surface area contributed by atoms with Crippen LogP contribution in [0.1, 0.15) is 12.5 Å². The monoisotopic (exact) mass is 376 g/mol. The smallest absolute Gasteiger partial charge is 0.310 e. The van der Waals surface area contributed by atoms with Crippen molar-refractivity contribution in [3.8, 4) is 11.3 Å². The number of carbonyl (C=O) groups excluding carboxylic acids is 1. The fourth-order valence-electron chi connectivity index (χ4n) is 2.59. The maximum absolute atomic E-state index is 12.9. The van der Waals surface area contributed by atoms with Gasteiger partial charge in [0.2, 0.25) is 0 Å². The Hall–Kier alpha value is -2.30. The Morgan fingerprint density at radius 1 is 1.16 bits per heavy atom. The molecule has 0 aliphatic carbocycles. The van der Waals surface area contributed by atoms with Crippen LogP contribution in [-0.2, 0) is 16.0 Å². The minimum absolute atomic E-state index is 0.199. The molecule has 0 aliphatic rings. The molecular formula is C19H14Cl2O4. The Morgan fingerprint density at radius 3 is 2.64 bits per heavy atom. The van der Waals surface area contributed by atoms with E-state index in [1.165, 1.54) is 0 Å². The third kappa shape index (κ3) is 3.55. The highest BCUT2D eigenvalue weighted by Gasteiger charge is 2.21. The number of benzene rings is 2. The molecule has 0 fully saturated rings. The Morgan fingerprint density at radius 2 is 1.92 bits per heavy atom. The van der Waals surface area contributed by atoms with Crippen LogP contribution >= 0.6 is 23.2 Å². The SMILES string of the molecule is CCOC(=O)Cc1c(-c2ccc(Cl)cc2Cl)oc2ccccc2c1=O. The highest BCUT2D eigenvalue weighted by atomic mass is 35.5. The van der Waals surface area contributed by atoms with Gasteiger partial charge in [-0.15, -0.1) is 0 Å². The molecule has 0 atom stereocenters. The second kappa shape index (κ2) is 7.30. The lowest BCUT2D eigenvalue weighted by atomic mass is 10.0. The molecule has 0 saturated carbocycles. The van der Waals surface area contributed by atoms with Crippen LogP contribution in [0.4, 0.5) is 0 Å². The molecule has 3 rings (SSSR count). The molecule has 2 aromatic carbocycles. The van der Waals surface area contributed by atoms with Crippen LogP contribution in [0.15, 0.2) is 51.7 Å². The lowest BCUT2D eigenvalue weighted by molar-refractivity contribution is -0.142. The molecule has 6 heteroatoms. The van der Waals surface area contributed by atoms with Crippen molar-refractivity contribution in [2.75, 3.05) is 6.61 Å². The minimum Gasteiger partial charge on any atom is -0.466 e. The Balaban J connectivity index is 2.28. The molecule has 128 valence electrons. The molecular weight excluding hydrogens is 363 g/mol. The largest absolute Gasteiger partial charge is 0.466 e. The van der Waals surface area contributed by atoms with Gasteiger partial charge in [-0.25, -0.2) is 0 Å². The van der Waals surface area contributed by atoms with Gasteiger partial charge in [0.05, 0.1) is 29.0 Å². The van der Waals surface area contributed by atoms with Crippen molar-refractivity contribution in [2.24, 2.45) is 0 Å². The zero-order valence-corrected chi connectivity index (χ0v) is 14.9. The summed E-state index contributed by atoms with van der Waals surface area (Å²) in [5.41, 5.74) is 0.839. The molecule has 25 heavy (non-hydrogen) atoms. The van der Waals surface area contributed by atoms with E-state index in [-0.39, 0.29) is 29.8 Å². The average molecular weight is 377 g/mol. The first-order chi connectivity index (χ1) is 12.0. The van der Waals surface area contributed by atoms with E-state index in [0.717, 1.165) is 0 Å². The number of hydrogen-bond donors (Lipinski definition) is 0. The van der Waals surface area contributed by atoms with Crippen LogP contribution in [0.5, 0.6) is 0 Å². The van der Waals surface area contributed by atoms with Gasteiger partial charge in [0, 0.05) is 10.6 Å². The molecule has 0 spiro atoms. The summed E-state index contributed by atoms with van der Waals surface area (Å²) in [6, 6.07) is 11.7. The predicted molar refractivity (Wildman–Crippen MR) is 98.3 cm³/mol. The van der Waals surface area contributed by atoms with Crippen molar-refractivity contribution in [3.63, 3.8) is 0 Å². The van der Waals surface area contributed by atoms with E-state index in [9.17, 15) is 9.59 Å². The Labute approximate surface area is 153 Å². The molecule has 0 unspecified atom stereocenters. The van der Waals surface area contributed by atoms with E-state index in [1.54, 1.807) is 49.4 Å². The molecule has 0 aliphatic heterocycles. The summed E-state index contributed by atoms with van der Waals surface area (Å²) in [6.45, 7) is 1.94. The maximum atomic E-state index is 12.9. The second-order valence-electron chi connectivity index (χ2n) is 5.34. The number of fused-ring (bicyclic) bond motifs is 1. The van der Waals surface area contributed by atoms with Crippen molar-refractivity contribution >= 4 is 40.1 Å². The van der Waals surface area contributed by atoms with Gasteiger partial charge < -0.3 is 9.15 Å². The first kappa shape index (κ1) is 17.5. The first-order valence-electron chi connectivity index (χ1n) is 7.67. The molecule has 0 amide bonds. The third-order valence-corrected chi connectivity index (χ3v) is 4.24. The number of esters is 1. The van der Waals surface area contributed by atoms with Gasteiger partial charge in [-0.1, -0.05) is 35.3 Å². The molecule has 4 nitrogen and oxygen atoms in total. The van der Waals surface area contributed by atoms with Gasteiger partial charge in [0.1, 0.15) is 11.3 Å². The van der Waals surface area contributed by atoms with Crippen LogP contribution in [0.25, 0.3) is 22.3 Å². The van der Waals surface area contributed by atoms with E-state index in [1.807, 2.05) is 0 Å². The van der Waals surface area contributed by atoms with E-state index in [2.05, 4.69) is 0 Å². The fraction of sp³-hybridized carbons (Fsp3) is 0.158. The highest BCUT2D eigenvalue weighted by Crippen LogP contribution is 2.33. The Bertz CT molecular complexity index is 1010. The van der Waals surface area contributed by atoms with Crippen molar-refractivity contribution in [1.82, 2.24) is 0 Å². The average Bonchev–Trinajstić information content (AvgIpc) is 2.58.